The maximum Gasteiger partial charge on any atom is 0.248 e. The molecule has 16 heavy (non-hydrogen) atoms. The van der Waals surface area contributed by atoms with E-state index in [2.05, 4.69) is 5.10 Å². The van der Waals surface area contributed by atoms with Gasteiger partial charge in [0.2, 0.25) is 5.91 Å². The highest BCUT2D eigenvalue weighted by Crippen LogP contribution is 2.22. The molecule has 0 atom stereocenters. The lowest BCUT2D eigenvalue weighted by Crippen LogP contribution is -2.26. The molecule has 2 rings (SSSR count). The zero-order chi connectivity index (χ0) is 11.5. The third kappa shape index (κ3) is 1.90. The fraction of sp³-hybridized carbons (Fsp3) is 0.273. The SMILES string of the molecule is NCCN1N=C(c2ccccc2O)CC1=O. The quantitative estimate of drug-likeness (QED) is 0.766. The summed E-state index contributed by atoms with van der Waals surface area (Å²) in [5, 5.41) is 15.1. The molecule has 0 bridgehead atoms. The molecule has 5 nitrogen and oxygen atoms in total. The number of para-hydroxylation sites is 1. The summed E-state index contributed by atoms with van der Waals surface area (Å²) in [6.45, 7) is 0.791. The summed E-state index contributed by atoms with van der Waals surface area (Å²) >= 11 is 0. The van der Waals surface area contributed by atoms with Crippen LogP contribution in [0.2, 0.25) is 0 Å². The Morgan fingerprint density at radius 1 is 1.44 bits per heavy atom. The molecule has 5 heteroatoms. The van der Waals surface area contributed by atoms with E-state index in [9.17, 15) is 9.90 Å². The van der Waals surface area contributed by atoms with Crippen molar-refractivity contribution in [1.29, 1.82) is 0 Å². The molecule has 84 valence electrons. The van der Waals surface area contributed by atoms with Crippen LogP contribution in [0.4, 0.5) is 0 Å². The molecule has 0 saturated carbocycles. The minimum atomic E-state index is -0.0799. The first kappa shape index (κ1) is 10.6. The monoisotopic (exact) mass is 219 g/mol. The fourth-order valence-electron chi connectivity index (χ4n) is 1.64. The highest BCUT2D eigenvalue weighted by Gasteiger charge is 2.25. The van der Waals surface area contributed by atoms with Crippen LogP contribution in [0.25, 0.3) is 0 Å². The first-order valence-electron chi connectivity index (χ1n) is 5.08. The predicted molar refractivity (Wildman–Crippen MR) is 60.0 cm³/mol. The number of benzene rings is 1. The van der Waals surface area contributed by atoms with Crippen molar-refractivity contribution in [3.05, 3.63) is 29.8 Å². The van der Waals surface area contributed by atoms with E-state index >= 15 is 0 Å². The van der Waals surface area contributed by atoms with Crippen LogP contribution in [0.1, 0.15) is 12.0 Å². The molecule has 0 aromatic heterocycles. The van der Waals surface area contributed by atoms with E-state index in [0.717, 1.165) is 0 Å². The molecule has 0 unspecified atom stereocenters. The Labute approximate surface area is 93.2 Å². The van der Waals surface area contributed by atoms with Crippen molar-refractivity contribution in [2.24, 2.45) is 10.8 Å². The first-order valence-corrected chi connectivity index (χ1v) is 5.08. The minimum absolute atomic E-state index is 0.0799. The van der Waals surface area contributed by atoms with Crippen molar-refractivity contribution >= 4 is 11.6 Å². The highest BCUT2D eigenvalue weighted by atomic mass is 16.3. The number of hydrazone groups is 1. The van der Waals surface area contributed by atoms with E-state index in [4.69, 9.17) is 5.73 Å². The van der Waals surface area contributed by atoms with Gasteiger partial charge in [-0.05, 0) is 12.1 Å². The number of aromatic hydroxyl groups is 1. The third-order valence-corrected chi connectivity index (χ3v) is 2.40. The molecule has 1 aromatic rings. The lowest BCUT2D eigenvalue weighted by Gasteiger charge is -2.08. The van der Waals surface area contributed by atoms with Crippen molar-refractivity contribution in [3.63, 3.8) is 0 Å². The number of carbonyl (C=O) groups is 1. The number of phenols is 1. The van der Waals surface area contributed by atoms with Crippen LogP contribution in [0.15, 0.2) is 29.4 Å². The smallest absolute Gasteiger partial charge is 0.248 e. The molecule has 1 aromatic carbocycles. The number of carbonyl (C=O) groups excluding carboxylic acids is 1. The number of nitrogens with two attached hydrogens (primary N) is 1. The Morgan fingerprint density at radius 3 is 2.88 bits per heavy atom. The van der Waals surface area contributed by atoms with E-state index in [-0.39, 0.29) is 18.1 Å². The average Bonchev–Trinajstić information content (AvgIpc) is 2.61. The van der Waals surface area contributed by atoms with Crippen LogP contribution in [0.3, 0.4) is 0 Å². The van der Waals surface area contributed by atoms with Gasteiger partial charge in [-0.1, -0.05) is 12.1 Å². The molecule has 0 spiro atoms. The van der Waals surface area contributed by atoms with E-state index in [1.54, 1.807) is 24.3 Å². The second-order valence-corrected chi connectivity index (χ2v) is 3.55. The molecule has 3 N–H and O–H groups in total. The van der Waals surface area contributed by atoms with Gasteiger partial charge in [0.1, 0.15) is 5.75 Å². The summed E-state index contributed by atoms with van der Waals surface area (Å²) in [4.78, 5) is 11.5. The lowest BCUT2D eigenvalue weighted by atomic mass is 10.1. The van der Waals surface area contributed by atoms with Gasteiger partial charge in [-0.25, -0.2) is 5.01 Å². The summed E-state index contributed by atoms with van der Waals surface area (Å²) in [5.41, 5.74) is 6.57. The van der Waals surface area contributed by atoms with E-state index in [0.29, 0.717) is 24.4 Å². The fourth-order valence-corrected chi connectivity index (χ4v) is 1.64. The standard InChI is InChI=1S/C11H13N3O2/c12-5-6-14-11(16)7-9(13-14)8-3-1-2-4-10(8)15/h1-4,15H,5-7,12H2. The van der Waals surface area contributed by atoms with Gasteiger partial charge in [-0.3, -0.25) is 4.79 Å². The predicted octanol–water partition coefficient (Wildman–Crippen LogP) is 0.287. The van der Waals surface area contributed by atoms with Crippen LogP contribution in [-0.2, 0) is 4.79 Å². The second kappa shape index (κ2) is 4.32. The van der Waals surface area contributed by atoms with Crippen LogP contribution in [-0.4, -0.2) is 34.8 Å². The maximum atomic E-state index is 11.5. The zero-order valence-electron chi connectivity index (χ0n) is 8.76. The topological polar surface area (TPSA) is 78.9 Å². The Hall–Kier alpha value is -1.88. The number of phenolic OH excluding ortho intramolecular Hbond substituents is 1. The normalized spacial score (nSPS) is 15.4. The van der Waals surface area contributed by atoms with Crippen molar-refractivity contribution in [1.82, 2.24) is 5.01 Å². The number of hydrogen-bond donors (Lipinski definition) is 2. The van der Waals surface area contributed by atoms with Gasteiger partial charge in [0.05, 0.1) is 18.7 Å². The van der Waals surface area contributed by atoms with Crippen LogP contribution in [0.5, 0.6) is 5.75 Å². The Bertz CT molecular complexity index is 443. The highest BCUT2D eigenvalue weighted by molar-refractivity contribution is 6.14. The summed E-state index contributed by atoms with van der Waals surface area (Å²) in [7, 11) is 0. The molecule has 0 fully saturated rings. The maximum absolute atomic E-state index is 11.5. The second-order valence-electron chi connectivity index (χ2n) is 3.55. The van der Waals surface area contributed by atoms with Crippen molar-refractivity contribution in [2.75, 3.05) is 13.1 Å². The van der Waals surface area contributed by atoms with Crippen molar-refractivity contribution in [3.8, 4) is 5.75 Å². The summed E-state index contributed by atoms with van der Waals surface area (Å²) in [6, 6.07) is 6.85. The average molecular weight is 219 g/mol. The van der Waals surface area contributed by atoms with Gasteiger partial charge in [0.25, 0.3) is 0 Å². The molecular formula is C11H13N3O2. The van der Waals surface area contributed by atoms with Crippen LogP contribution in [0, 0.1) is 0 Å². The molecule has 0 aliphatic carbocycles. The van der Waals surface area contributed by atoms with Gasteiger partial charge >= 0.3 is 0 Å². The summed E-state index contributed by atoms with van der Waals surface area (Å²) in [6.07, 6.45) is 0.220. The van der Waals surface area contributed by atoms with E-state index < -0.39 is 0 Å². The van der Waals surface area contributed by atoms with Gasteiger partial charge in [-0.2, -0.15) is 5.10 Å². The molecular weight excluding hydrogens is 206 g/mol. The summed E-state index contributed by atoms with van der Waals surface area (Å²) in [5.74, 6) is 0.0624. The molecule has 1 aliphatic rings. The van der Waals surface area contributed by atoms with Gasteiger partial charge in [-0.15, -0.1) is 0 Å². The first-order chi connectivity index (χ1) is 7.72. The largest absolute Gasteiger partial charge is 0.507 e. The third-order valence-electron chi connectivity index (χ3n) is 2.40. The molecule has 0 radical (unpaired) electrons. The van der Waals surface area contributed by atoms with Gasteiger partial charge in [0, 0.05) is 12.1 Å². The zero-order valence-corrected chi connectivity index (χ0v) is 8.76. The van der Waals surface area contributed by atoms with Crippen molar-refractivity contribution < 1.29 is 9.90 Å². The van der Waals surface area contributed by atoms with Gasteiger partial charge < -0.3 is 10.8 Å². The Morgan fingerprint density at radius 2 is 2.19 bits per heavy atom. The van der Waals surface area contributed by atoms with Gasteiger partial charge in [0.15, 0.2) is 0 Å². The van der Waals surface area contributed by atoms with Crippen LogP contribution >= 0.6 is 0 Å². The summed E-state index contributed by atoms with van der Waals surface area (Å²) < 4.78 is 0. The number of amides is 1. The van der Waals surface area contributed by atoms with Crippen LogP contribution < -0.4 is 5.73 Å². The number of nitrogens with zero attached hydrogens (tertiary/aromatic N) is 2. The Balaban J connectivity index is 2.27. The Kier molecular flexibility index (Phi) is 2.87. The molecule has 0 saturated heterocycles. The molecule has 1 aliphatic heterocycles. The molecule has 1 heterocycles. The van der Waals surface area contributed by atoms with Crippen molar-refractivity contribution in [2.45, 2.75) is 6.42 Å². The van der Waals surface area contributed by atoms with E-state index in [1.807, 2.05) is 0 Å². The number of rotatable bonds is 3. The minimum Gasteiger partial charge on any atom is -0.507 e. The number of hydrogen-bond acceptors (Lipinski definition) is 4. The van der Waals surface area contributed by atoms with E-state index in [1.165, 1.54) is 5.01 Å². The molecule has 1 amide bonds. The lowest BCUT2D eigenvalue weighted by molar-refractivity contribution is -0.128.